The molecule has 10 nitrogen and oxygen atoms in total. The molecule has 2 aromatic carbocycles. The van der Waals surface area contributed by atoms with E-state index in [2.05, 4.69) is 46.5 Å². The van der Waals surface area contributed by atoms with E-state index < -0.39 is 12.0 Å². The quantitative estimate of drug-likeness (QED) is 0.420. The third-order valence-electron chi connectivity index (χ3n) is 10.0. The van der Waals surface area contributed by atoms with Gasteiger partial charge in [-0.1, -0.05) is 57.2 Å². The van der Waals surface area contributed by atoms with Gasteiger partial charge >= 0.3 is 6.09 Å². The largest absolute Gasteiger partial charge is 0.465 e. The average Bonchev–Trinajstić information content (AvgIpc) is 3.33. The monoisotopic (exact) mass is 598 g/mol. The summed E-state index contributed by atoms with van der Waals surface area (Å²) < 4.78 is 1.62. The van der Waals surface area contributed by atoms with Crippen molar-refractivity contribution < 1.29 is 19.5 Å². The van der Waals surface area contributed by atoms with Crippen LogP contribution in [0.25, 0.3) is 5.69 Å². The van der Waals surface area contributed by atoms with E-state index in [9.17, 15) is 19.5 Å². The van der Waals surface area contributed by atoms with Crippen LogP contribution in [0.3, 0.4) is 0 Å². The summed E-state index contributed by atoms with van der Waals surface area (Å²) in [5.74, 6) is 0.796. The van der Waals surface area contributed by atoms with Crippen LogP contribution in [0.15, 0.2) is 48.5 Å². The maximum Gasteiger partial charge on any atom is 0.407 e. The minimum atomic E-state index is -0.899. The Balaban J connectivity index is 0.991. The molecule has 6 rings (SSSR count). The number of piperazine rings is 1. The Morgan fingerprint density at radius 3 is 2.11 bits per heavy atom. The first-order valence-electron chi connectivity index (χ1n) is 15.5. The number of hydrogen-bond donors (Lipinski definition) is 2. The number of aromatic nitrogens is 3. The highest BCUT2D eigenvalue weighted by atomic mass is 16.4. The predicted octanol–water partition coefficient (Wildman–Crippen LogP) is 4.78. The normalized spacial score (nSPS) is 25.0. The first-order chi connectivity index (χ1) is 20.8. The molecule has 3 amide bonds. The third-order valence-corrected chi connectivity index (χ3v) is 10.0. The second kappa shape index (κ2) is 11.1. The maximum absolute atomic E-state index is 13.4. The van der Waals surface area contributed by atoms with E-state index in [1.807, 2.05) is 37.8 Å². The van der Waals surface area contributed by atoms with E-state index in [-0.39, 0.29) is 29.1 Å². The van der Waals surface area contributed by atoms with Crippen molar-refractivity contribution in [1.29, 1.82) is 0 Å². The molecule has 2 saturated carbocycles. The molecule has 3 aliphatic rings. The number of primary amides is 1. The molecule has 1 unspecified atom stereocenters. The molecular formula is C34H42N6O4. The molecule has 1 saturated heterocycles. The number of benzene rings is 2. The molecule has 1 spiro atoms. The van der Waals surface area contributed by atoms with Gasteiger partial charge in [-0.15, -0.1) is 5.10 Å². The maximum atomic E-state index is 13.4. The standard InChI is InChI=1S/C34H42N6O4/c1-21-36-30(29(35)41)37-40(21)27-11-7-23(8-12-27)15-22-5-9-24(10-6-22)25-16-34(17-25)18-26(19-34)31(42)38-13-14-39(32(43)44)28(20-38)33(2,3)4/h5-12,25-26,28H,13-20H2,1-4H3,(H2,35,41)(H,43,44). The number of aryl methyl sites for hydroxylation is 1. The molecule has 44 heavy (non-hydrogen) atoms. The second-order valence-electron chi connectivity index (χ2n) is 14.2. The molecule has 2 aliphatic carbocycles. The van der Waals surface area contributed by atoms with Crippen LogP contribution in [0.1, 0.15) is 85.5 Å². The van der Waals surface area contributed by atoms with Crippen LogP contribution >= 0.6 is 0 Å². The van der Waals surface area contributed by atoms with Crippen molar-refractivity contribution >= 4 is 17.9 Å². The minimum absolute atomic E-state index is 0.0113. The molecule has 232 valence electrons. The van der Waals surface area contributed by atoms with Crippen molar-refractivity contribution in [1.82, 2.24) is 24.6 Å². The van der Waals surface area contributed by atoms with E-state index in [0.717, 1.165) is 37.8 Å². The third kappa shape index (κ3) is 5.69. The summed E-state index contributed by atoms with van der Waals surface area (Å²) >= 11 is 0. The minimum Gasteiger partial charge on any atom is -0.465 e. The highest BCUT2D eigenvalue weighted by Gasteiger charge is 2.56. The Labute approximate surface area is 258 Å². The fraction of sp³-hybridized carbons (Fsp3) is 0.500. The molecule has 0 radical (unpaired) electrons. The zero-order chi connectivity index (χ0) is 31.4. The van der Waals surface area contributed by atoms with Crippen LogP contribution in [0.5, 0.6) is 0 Å². The first kappa shape index (κ1) is 29.8. The fourth-order valence-corrected chi connectivity index (χ4v) is 7.56. The van der Waals surface area contributed by atoms with Crippen molar-refractivity contribution in [2.24, 2.45) is 22.5 Å². The number of amides is 3. The lowest BCUT2D eigenvalue weighted by Crippen LogP contribution is -2.62. The van der Waals surface area contributed by atoms with Crippen LogP contribution < -0.4 is 5.73 Å². The number of hydrogen-bond acceptors (Lipinski definition) is 5. The summed E-state index contributed by atoms with van der Waals surface area (Å²) in [7, 11) is 0. The van der Waals surface area contributed by atoms with E-state index >= 15 is 0 Å². The number of carbonyl (C=O) groups excluding carboxylic acids is 2. The summed E-state index contributed by atoms with van der Waals surface area (Å²) in [6.07, 6.45) is 4.09. The molecule has 10 heteroatoms. The van der Waals surface area contributed by atoms with Crippen LogP contribution in [-0.4, -0.2) is 73.3 Å². The molecule has 0 bridgehead atoms. The van der Waals surface area contributed by atoms with E-state index in [0.29, 0.717) is 36.8 Å². The molecule has 3 N–H and O–H groups in total. The van der Waals surface area contributed by atoms with Gasteiger partial charge in [0.25, 0.3) is 5.91 Å². The molecule has 1 aliphatic heterocycles. The highest BCUT2D eigenvalue weighted by molar-refractivity contribution is 5.88. The molecule has 3 fully saturated rings. The van der Waals surface area contributed by atoms with Gasteiger partial charge in [0.15, 0.2) is 0 Å². The van der Waals surface area contributed by atoms with E-state index in [1.54, 1.807) is 11.6 Å². The van der Waals surface area contributed by atoms with Crippen LogP contribution in [-0.2, 0) is 11.2 Å². The van der Waals surface area contributed by atoms with Crippen molar-refractivity contribution in [2.45, 2.75) is 71.8 Å². The highest BCUT2D eigenvalue weighted by Crippen LogP contribution is 2.64. The molecular weight excluding hydrogens is 556 g/mol. The van der Waals surface area contributed by atoms with Gasteiger partial charge in [0.2, 0.25) is 11.7 Å². The van der Waals surface area contributed by atoms with Gasteiger partial charge in [-0.2, -0.15) is 0 Å². The fourth-order valence-electron chi connectivity index (χ4n) is 7.56. The SMILES string of the molecule is Cc1nc(C(N)=O)nn1-c1ccc(Cc2ccc(C3CC4(CC(C(=O)N5CCN(C(=O)O)C(C(C)(C)C)C5)C4)C3)cc2)cc1. The van der Waals surface area contributed by atoms with Gasteiger partial charge in [0, 0.05) is 25.6 Å². The zero-order valence-electron chi connectivity index (χ0n) is 26.0. The van der Waals surface area contributed by atoms with Gasteiger partial charge in [0.05, 0.1) is 11.7 Å². The number of nitrogens with zero attached hydrogens (tertiary/aromatic N) is 5. The number of carbonyl (C=O) groups is 3. The Morgan fingerprint density at radius 1 is 0.955 bits per heavy atom. The lowest BCUT2D eigenvalue weighted by Gasteiger charge is -2.58. The van der Waals surface area contributed by atoms with Gasteiger partial charge < -0.3 is 20.6 Å². The Bertz CT molecular complexity index is 1560. The Kier molecular flexibility index (Phi) is 7.50. The van der Waals surface area contributed by atoms with Crippen molar-refractivity contribution in [3.05, 3.63) is 76.9 Å². The summed E-state index contributed by atoms with van der Waals surface area (Å²) in [5.41, 5.74) is 10.00. The second-order valence-corrected chi connectivity index (χ2v) is 14.2. The van der Waals surface area contributed by atoms with Crippen LogP contribution in [0.4, 0.5) is 4.79 Å². The molecule has 1 atom stereocenters. The smallest absolute Gasteiger partial charge is 0.407 e. The number of rotatable bonds is 6. The molecule has 1 aromatic heterocycles. The number of nitrogens with two attached hydrogens (primary N) is 1. The van der Waals surface area contributed by atoms with E-state index in [1.165, 1.54) is 21.6 Å². The topological polar surface area (TPSA) is 135 Å². The summed E-state index contributed by atoms with van der Waals surface area (Å²) in [6.45, 7) is 9.28. The Morgan fingerprint density at radius 2 is 1.57 bits per heavy atom. The van der Waals surface area contributed by atoms with Gasteiger partial charge in [-0.05, 0) is 84.6 Å². The van der Waals surface area contributed by atoms with Gasteiger partial charge in [-0.25, -0.2) is 14.5 Å². The first-order valence-corrected chi connectivity index (χ1v) is 15.5. The zero-order valence-corrected chi connectivity index (χ0v) is 26.0. The van der Waals surface area contributed by atoms with Gasteiger partial charge in [0.1, 0.15) is 5.82 Å². The van der Waals surface area contributed by atoms with Crippen molar-refractivity contribution in [2.75, 3.05) is 19.6 Å². The van der Waals surface area contributed by atoms with Crippen LogP contribution in [0, 0.1) is 23.7 Å². The molecule has 3 aromatic rings. The predicted molar refractivity (Wildman–Crippen MR) is 166 cm³/mol. The summed E-state index contributed by atoms with van der Waals surface area (Å²) in [5, 5.41) is 13.8. The van der Waals surface area contributed by atoms with E-state index in [4.69, 9.17) is 5.73 Å². The average molecular weight is 599 g/mol. The Hall–Kier alpha value is -4.21. The number of carboxylic acid groups (broad SMARTS) is 1. The van der Waals surface area contributed by atoms with Crippen molar-refractivity contribution in [3.63, 3.8) is 0 Å². The lowest BCUT2D eigenvalue weighted by atomic mass is 9.47. The van der Waals surface area contributed by atoms with Crippen molar-refractivity contribution in [3.8, 4) is 5.69 Å². The van der Waals surface area contributed by atoms with Crippen LogP contribution in [0.2, 0.25) is 0 Å². The summed E-state index contributed by atoms with van der Waals surface area (Å²) in [6, 6.07) is 16.8. The lowest BCUT2D eigenvalue weighted by molar-refractivity contribution is -0.152. The van der Waals surface area contributed by atoms with Gasteiger partial charge in [-0.3, -0.25) is 9.59 Å². The summed E-state index contributed by atoms with van der Waals surface area (Å²) in [4.78, 5) is 44.1. The molecule has 2 heterocycles.